The van der Waals surface area contributed by atoms with Crippen LogP contribution in [0.3, 0.4) is 0 Å². The molecule has 1 heterocycles. The molecule has 0 saturated carbocycles. The summed E-state index contributed by atoms with van der Waals surface area (Å²) >= 11 is 0. The van der Waals surface area contributed by atoms with Crippen molar-refractivity contribution in [3.8, 4) is 0 Å². The van der Waals surface area contributed by atoms with Gasteiger partial charge in [0, 0.05) is 12.6 Å². The van der Waals surface area contributed by atoms with Crippen LogP contribution >= 0.6 is 0 Å². The summed E-state index contributed by atoms with van der Waals surface area (Å²) in [4.78, 5) is 7.54. The van der Waals surface area contributed by atoms with Crippen LogP contribution < -0.4 is 5.32 Å². The molecule has 0 aliphatic carbocycles. The van der Waals surface area contributed by atoms with E-state index in [9.17, 15) is 4.39 Å². The van der Waals surface area contributed by atoms with E-state index in [1.165, 1.54) is 0 Å². The standard InChI is InChI=1S/C9H14FN3O/c1-2-8(3-4-14)13-9-11-5-7(10)6-12-9/h5-6,8,14H,2-4H2,1H3,(H,11,12,13). The van der Waals surface area contributed by atoms with E-state index in [0.717, 1.165) is 18.8 Å². The Morgan fingerprint density at radius 3 is 2.64 bits per heavy atom. The van der Waals surface area contributed by atoms with Crippen molar-refractivity contribution >= 4 is 5.95 Å². The fourth-order valence-corrected chi connectivity index (χ4v) is 1.10. The molecule has 1 rings (SSSR count). The lowest BCUT2D eigenvalue weighted by Gasteiger charge is -2.14. The maximum absolute atomic E-state index is 12.5. The van der Waals surface area contributed by atoms with Crippen molar-refractivity contribution in [3.05, 3.63) is 18.2 Å². The molecule has 0 aliphatic rings. The van der Waals surface area contributed by atoms with Gasteiger partial charge in [-0.25, -0.2) is 14.4 Å². The highest BCUT2D eigenvalue weighted by Crippen LogP contribution is 2.05. The zero-order valence-corrected chi connectivity index (χ0v) is 8.07. The number of nitrogens with zero attached hydrogens (tertiary/aromatic N) is 2. The van der Waals surface area contributed by atoms with Gasteiger partial charge in [0.15, 0.2) is 5.82 Å². The van der Waals surface area contributed by atoms with Crippen molar-refractivity contribution < 1.29 is 9.50 Å². The molecule has 1 aromatic rings. The van der Waals surface area contributed by atoms with Gasteiger partial charge >= 0.3 is 0 Å². The van der Waals surface area contributed by atoms with E-state index in [1.54, 1.807) is 0 Å². The molecule has 0 aliphatic heterocycles. The van der Waals surface area contributed by atoms with Gasteiger partial charge in [-0.05, 0) is 12.8 Å². The van der Waals surface area contributed by atoms with Crippen LogP contribution in [0.15, 0.2) is 12.4 Å². The first-order valence-electron chi connectivity index (χ1n) is 4.61. The van der Waals surface area contributed by atoms with E-state index in [1.807, 2.05) is 6.92 Å². The second-order valence-corrected chi connectivity index (χ2v) is 2.99. The van der Waals surface area contributed by atoms with Crippen molar-refractivity contribution in [1.82, 2.24) is 9.97 Å². The number of aromatic nitrogens is 2. The third-order valence-corrected chi connectivity index (χ3v) is 1.92. The quantitative estimate of drug-likeness (QED) is 0.747. The van der Waals surface area contributed by atoms with Gasteiger partial charge in [0.05, 0.1) is 12.4 Å². The molecule has 1 aromatic heterocycles. The van der Waals surface area contributed by atoms with Crippen LogP contribution in [0.25, 0.3) is 0 Å². The molecule has 0 saturated heterocycles. The second kappa shape index (κ2) is 5.49. The van der Waals surface area contributed by atoms with Crippen LogP contribution in [0.5, 0.6) is 0 Å². The Morgan fingerprint density at radius 2 is 2.14 bits per heavy atom. The molecule has 0 fully saturated rings. The Hall–Kier alpha value is -1.23. The van der Waals surface area contributed by atoms with Crippen molar-refractivity contribution in [2.75, 3.05) is 11.9 Å². The predicted molar refractivity (Wildman–Crippen MR) is 51.4 cm³/mol. The van der Waals surface area contributed by atoms with E-state index in [2.05, 4.69) is 15.3 Å². The Labute approximate surface area is 82.2 Å². The molecule has 14 heavy (non-hydrogen) atoms. The van der Waals surface area contributed by atoms with Crippen LogP contribution in [0, 0.1) is 5.82 Å². The van der Waals surface area contributed by atoms with Crippen molar-refractivity contribution in [2.45, 2.75) is 25.8 Å². The summed E-state index contributed by atoms with van der Waals surface area (Å²) in [6, 6.07) is 0.130. The monoisotopic (exact) mass is 199 g/mol. The number of hydrogen-bond donors (Lipinski definition) is 2. The summed E-state index contributed by atoms with van der Waals surface area (Å²) < 4.78 is 12.5. The number of aliphatic hydroxyl groups excluding tert-OH is 1. The highest BCUT2D eigenvalue weighted by molar-refractivity contribution is 5.24. The summed E-state index contributed by atoms with van der Waals surface area (Å²) in [5, 5.41) is 11.8. The number of hydrogen-bond acceptors (Lipinski definition) is 4. The summed E-state index contributed by atoms with van der Waals surface area (Å²) in [5.41, 5.74) is 0. The van der Waals surface area contributed by atoms with Gasteiger partial charge in [-0.1, -0.05) is 6.92 Å². The summed E-state index contributed by atoms with van der Waals surface area (Å²) in [7, 11) is 0. The zero-order valence-electron chi connectivity index (χ0n) is 8.07. The second-order valence-electron chi connectivity index (χ2n) is 2.99. The smallest absolute Gasteiger partial charge is 0.222 e. The molecule has 5 heteroatoms. The van der Waals surface area contributed by atoms with Crippen LogP contribution in [0.4, 0.5) is 10.3 Å². The lowest BCUT2D eigenvalue weighted by molar-refractivity contribution is 0.278. The van der Waals surface area contributed by atoms with Gasteiger partial charge in [-0.3, -0.25) is 0 Å². The highest BCUT2D eigenvalue weighted by atomic mass is 19.1. The molecule has 2 N–H and O–H groups in total. The average Bonchev–Trinajstić information content (AvgIpc) is 2.20. The largest absolute Gasteiger partial charge is 0.396 e. The third-order valence-electron chi connectivity index (χ3n) is 1.92. The molecular weight excluding hydrogens is 185 g/mol. The number of aliphatic hydroxyl groups is 1. The van der Waals surface area contributed by atoms with Crippen molar-refractivity contribution in [2.24, 2.45) is 0 Å². The minimum atomic E-state index is -0.453. The van der Waals surface area contributed by atoms with E-state index in [4.69, 9.17) is 5.11 Å². The van der Waals surface area contributed by atoms with Crippen LogP contribution in [0.1, 0.15) is 19.8 Å². The number of rotatable bonds is 5. The highest BCUT2D eigenvalue weighted by Gasteiger charge is 2.06. The van der Waals surface area contributed by atoms with Gasteiger partial charge in [-0.15, -0.1) is 0 Å². The molecule has 0 spiro atoms. The van der Waals surface area contributed by atoms with E-state index >= 15 is 0 Å². The first kappa shape index (κ1) is 10.8. The Morgan fingerprint density at radius 1 is 1.50 bits per heavy atom. The average molecular weight is 199 g/mol. The molecule has 4 nitrogen and oxygen atoms in total. The van der Waals surface area contributed by atoms with E-state index in [0.29, 0.717) is 12.4 Å². The Bertz CT molecular complexity index is 265. The number of halogens is 1. The molecule has 0 aromatic carbocycles. The SMILES string of the molecule is CCC(CCO)Nc1ncc(F)cn1. The summed E-state index contributed by atoms with van der Waals surface area (Å²) in [6.45, 7) is 2.11. The predicted octanol–water partition coefficient (Wildman–Crippen LogP) is 1.19. The Kier molecular flexibility index (Phi) is 4.25. The van der Waals surface area contributed by atoms with Gasteiger partial charge in [0.2, 0.25) is 5.95 Å². The molecule has 1 atom stereocenters. The summed E-state index contributed by atoms with van der Waals surface area (Å²) in [5.74, 6) is -0.0579. The van der Waals surface area contributed by atoms with Gasteiger partial charge < -0.3 is 10.4 Å². The van der Waals surface area contributed by atoms with Crippen molar-refractivity contribution in [3.63, 3.8) is 0 Å². The fourth-order valence-electron chi connectivity index (χ4n) is 1.10. The molecule has 1 unspecified atom stereocenters. The normalized spacial score (nSPS) is 12.5. The van der Waals surface area contributed by atoms with Crippen LogP contribution in [-0.4, -0.2) is 27.7 Å². The molecule has 78 valence electrons. The van der Waals surface area contributed by atoms with Gasteiger partial charge in [0.1, 0.15) is 0 Å². The fraction of sp³-hybridized carbons (Fsp3) is 0.556. The zero-order chi connectivity index (χ0) is 10.4. The topological polar surface area (TPSA) is 58.0 Å². The first-order valence-corrected chi connectivity index (χ1v) is 4.61. The number of anilines is 1. The van der Waals surface area contributed by atoms with E-state index < -0.39 is 5.82 Å². The third kappa shape index (κ3) is 3.26. The molecule has 0 radical (unpaired) electrons. The Balaban J connectivity index is 2.53. The number of nitrogens with one attached hydrogen (secondary N) is 1. The lowest BCUT2D eigenvalue weighted by atomic mass is 10.2. The van der Waals surface area contributed by atoms with Gasteiger partial charge in [-0.2, -0.15) is 0 Å². The van der Waals surface area contributed by atoms with Crippen LogP contribution in [-0.2, 0) is 0 Å². The van der Waals surface area contributed by atoms with Gasteiger partial charge in [0.25, 0.3) is 0 Å². The maximum atomic E-state index is 12.5. The lowest BCUT2D eigenvalue weighted by Crippen LogP contribution is -2.21. The van der Waals surface area contributed by atoms with E-state index in [-0.39, 0.29) is 12.6 Å². The minimum Gasteiger partial charge on any atom is -0.396 e. The minimum absolute atomic E-state index is 0.118. The maximum Gasteiger partial charge on any atom is 0.222 e. The summed E-state index contributed by atoms with van der Waals surface area (Å²) in [6.07, 6.45) is 3.72. The molecule has 0 amide bonds. The first-order chi connectivity index (χ1) is 6.76. The van der Waals surface area contributed by atoms with Crippen LogP contribution in [0.2, 0.25) is 0 Å². The molecule has 0 bridgehead atoms. The van der Waals surface area contributed by atoms with Crippen molar-refractivity contribution in [1.29, 1.82) is 0 Å². The molecular formula is C9H14FN3O.